The zero-order valence-electron chi connectivity index (χ0n) is 13.0. The third-order valence-corrected chi connectivity index (χ3v) is 3.87. The lowest BCUT2D eigenvalue weighted by atomic mass is 10.1. The molecule has 5 heteroatoms. The number of nitrogens with zero attached hydrogens (tertiary/aromatic N) is 1. The number of nitrogens with one attached hydrogen (secondary N) is 1. The summed E-state index contributed by atoms with van der Waals surface area (Å²) in [4.78, 5) is 25.3. The number of carbonyl (C=O) groups is 2. The van der Waals surface area contributed by atoms with Gasteiger partial charge in [0.15, 0.2) is 5.76 Å². The first-order valence-corrected chi connectivity index (χ1v) is 7.59. The largest absolute Gasteiger partial charge is 0.503 e. The summed E-state index contributed by atoms with van der Waals surface area (Å²) in [7, 11) is 0. The number of aliphatic hydroxyl groups excluding tert-OH is 1. The van der Waals surface area contributed by atoms with E-state index >= 15 is 0 Å². The van der Waals surface area contributed by atoms with Gasteiger partial charge in [-0.15, -0.1) is 0 Å². The fraction of sp³-hybridized carbons (Fsp3) is 0.412. The Bertz CT molecular complexity index is 581. The molecule has 0 aromatic heterocycles. The highest BCUT2D eigenvalue weighted by molar-refractivity contribution is 6.07. The highest BCUT2D eigenvalue weighted by Crippen LogP contribution is 2.17. The van der Waals surface area contributed by atoms with E-state index in [1.54, 1.807) is 0 Å². The Balaban J connectivity index is 1.88. The standard InChI is InChI=1S/C17H22N2O3/c1-3-19-11-14(15(20)17(19)22)16(21)18-12(2)9-10-13-7-5-4-6-8-13/h4-8,12,20H,3,9-11H2,1-2H3,(H,18,21). The van der Waals surface area contributed by atoms with E-state index in [1.165, 1.54) is 10.5 Å². The highest BCUT2D eigenvalue weighted by atomic mass is 16.3. The van der Waals surface area contributed by atoms with Crippen molar-refractivity contribution < 1.29 is 14.7 Å². The molecule has 0 saturated heterocycles. The molecule has 1 unspecified atom stereocenters. The van der Waals surface area contributed by atoms with Gasteiger partial charge in [-0.2, -0.15) is 0 Å². The minimum atomic E-state index is -0.468. The van der Waals surface area contributed by atoms with E-state index < -0.39 is 11.7 Å². The molecule has 0 fully saturated rings. The summed E-state index contributed by atoms with van der Waals surface area (Å²) in [6.45, 7) is 4.39. The van der Waals surface area contributed by atoms with Crippen molar-refractivity contribution >= 4 is 11.8 Å². The van der Waals surface area contributed by atoms with Crippen molar-refractivity contribution in [2.45, 2.75) is 32.7 Å². The van der Waals surface area contributed by atoms with Gasteiger partial charge in [-0.1, -0.05) is 30.3 Å². The summed E-state index contributed by atoms with van der Waals surface area (Å²) in [6, 6.07) is 10.0. The van der Waals surface area contributed by atoms with Crippen LogP contribution in [0.15, 0.2) is 41.7 Å². The predicted molar refractivity (Wildman–Crippen MR) is 84.3 cm³/mol. The predicted octanol–water partition coefficient (Wildman–Crippen LogP) is 1.80. The summed E-state index contributed by atoms with van der Waals surface area (Å²) < 4.78 is 0. The van der Waals surface area contributed by atoms with Gasteiger partial charge >= 0.3 is 0 Å². The molecule has 0 bridgehead atoms. The number of aryl methyl sites for hydroxylation is 1. The van der Waals surface area contributed by atoms with E-state index in [-0.39, 0.29) is 24.1 Å². The Hall–Kier alpha value is -2.30. The van der Waals surface area contributed by atoms with Crippen LogP contribution in [-0.2, 0) is 16.0 Å². The van der Waals surface area contributed by atoms with E-state index in [4.69, 9.17) is 0 Å². The van der Waals surface area contributed by atoms with Gasteiger partial charge < -0.3 is 15.3 Å². The lowest BCUT2D eigenvalue weighted by Gasteiger charge is -2.15. The van der Waals surface area contributed by atoms with Gasteiger partial charge in [-0.05, 0) is 32.3 Å². The van der Waals surface area contributed by atoms with Crippen LogP contribution in [0.4, 0.5) is 0 Å². The van der Waals surface area contributed by atoms with Gasteiger partial charge in [0.05, 0.1) is 12.1 Å². The molecule has 1 aliphatic heterocycles. The van der Waals surface area contributed by atoms with Gasteiger partial charge in [0.25, 0.3) is 11.8 Å². The van der Waals surface area contributed by atoms with Gasteiger partial charge in [0.2, 0.25) is 0 Å². The SMILES string of the molecule is CCN1CC(C(=O)NC(C)CCc2ccccc2)=C(O)C1=O. The van der Waals surface area contributed by atoms with Crippen molar-refractivity contribution in [3.05, 3.63) is 47.2 Å². The number of likely N-dealkylation sites (N-methyl/N-ethyl adjacent to an activating group) is 1. The van der Waals surface area contributed by atoms with Crippen LogP contribution in [0.5, 0.6) is 0 Å². The van der Waals surface area contributed by atoms with Crippen molar-refractivity contribution in [1.82, 2.24) is 10.2 Å². The normalized spacial score (nSPS) is 16.1. The Labute approximate surface area is 130 Å². The number of amides is 2. The lowest BCUT2D eigenvalue weighted by Crippen LogP contribution is -2.35. The fourth-order valence-corrected chi connectivity index (χ4v) is 2.46. The van der Waals surface area contributed by atoms with E-state index in [9.17, 15) is 14.7 Å². The molecule has 1 aliphatic rings. The average Bonchev–Trinajstić information content (AvgIpc) is 2.82. The molecule has 22 heavy (non-hydrogen) atoms. The number of aliphatic hydroxyl groups is 1. The summed E-state index contributed by atoms with van der Waals surface area (Å²) in [6.07, 6.45) is 1.67. The van der Waals surface area contributed by atoms with Gasteiger partial charge in [-0.25, -0.2) is 0 Å². The molecule has 1 heterocycles. The molecular formula is C17H22N2O3. The summed E-state index contributed by atoms with van der Waals surface area (Å²) in [5.41, 5.74) is 1.39. The molecular weight excluding hydrogens is 280 g/mol. The monoisotopic (exact) mass is 302 g/mol. The first-order chi connectivity index (χ1) is 10.5. The molecule has 5 nitrogen and oxygen atoms in total. The van der Waals surface area contributed by atoms with Crippen LogP contribution in [0.1, 0.15) is 25.8 Å². The van der Waals surface area contributed by atoms with Crippen LogP contribution >= 0.6 is 0 Å². The topological polar surface area (TPSA) is 69.6 Å². The highest BCUT2D eigenvalue weighted by Gasteiger charge is 2.33. The van der Waals surface area contributed by atoms with Gasteiger partial charge in [0.1, 0.15) is 0 Å². The van der Waals surface area contributed by atoms with Crippen LogP contribution in [0.3, 0.4) is 0 Å². The first kappa shape index (κ1) is 16.1. The quantitative estimate of drug-likeness (QED) is 0.842. The second-order valence-electron chi connectivity index (χ2n) is 5.55. The number of rotatable bonds is 6. The van der Waals surface area contributed by atoms with E-state index in [0.29, 0.717) is 6.54 Å². The van der Waals surface area contributed by atoms with E-state index in [1.807, 2.05) is 32.0 Å². The molecule has 2 N–H and O–H groups in total. The molecule has 2 amide bonds. The van der Waals surface area contributed by atoms with Crippen molar-refractivity contribution in [1.29, 1.82) is 0 Å². The summed E-state index contributed by atoms with van der Waals surface area (Å²) in [5, 5.41) is 12.6. The summed E-state index contributed by atoms with van der Waals surface area (Å²) >= 11 is 0. The number of benzene rings is 1. The minimum absolute atomic E-state index is 0.0289. The first-order valence-electron chi connectivity index (χ1n) is 7.59. The molecule has 0 saturated carbocycles. The molecule has 0 radical (unpaired) electrons. The second-order valence-corrected chi connectivity index (χ2v) is 5.55. The summed E-state index contributed by atoms with van der Waals surface area (Å²) in [5.74, 6) is -1.25. The van der Waals surface area contributed by atoms with Crippen LogP contribution in [0.25, 0.3) is 0 Å². The van der Waals surface area contributed by atoms with Crippen LogP contribution in [-0.4, -0.2) is 41.0 Å². The Morgan fingerprint density at radius 1 is 1.36 bits per heavy atom. The average molecular weight is 302 g/mol. The Kier molecular flexibility index (Phi) is 5.20. The van der Waals surface area contributed by atoms with Crippen molar-refractivity contribution in [3.8, 4) is 0 Å². The minimum Gasteiger partial charge on any atom is -0.503 e. The van der Waals surface area contributed by atoms with Crippen molar-refractivity contribution in [2.75, 3.05) is 13.1 Å². The van der Waals surface area contributed by atoms with Crippen molar-refractivity contribution in [3.63, 3.8) is 0 Å². The molecule has 0 aliphatic carbocycles. The van der Waals surface area contributed by atoms with Crippen LogP contribution in [0, 0.1) is 0 Å². The van der Waals surface area contributed by atoms with Crippen LogP contribution in [0.2, 0.25) is 0 Å². The van der Waals surface area contributed by atoms with E-state index in [0.717, 1.165) is 12.8 Å². The third kappa shape index (κ3) is 3.67. The second kappa shape index (κ2) is 7.11. The fourth-order valence-electron chi connectivity index (χ4n) is 2.46. The zero-order valence-corrected chi connectivity index (χ0v) is 13.0. The number of hydrogen-bond acceptors (Lipinski definition) is 3. The van der Waals surface area contributed by atoms with Gasteiger partial charge in [-0.3, -0.25) is 9.59 Å². The van der Waals surface area contributed by atoms with Crippen molar-refractivity contribution in [2.24, 2.45) is 0 Å². The van der Waals surface area contributed by atoms with Crippen LogP contribution < -0.4 is 5.32 Å². The Morgan fingerprint density at radius 2 is 2.05 bits per heavy atom. The van der Waals surface area contributed by atoms with E-state index in [2.05, 4.69) is 17.4 Å². The van der Waals surface area contributed by atoms with Gasteiger partial charge in [0, 0.05) is 12.6 Å². The maximum atomic E-state index is 12.2. The lowest BCUT2D eigenvalue weighted by molar-refractivity contribution is -0.127. The number of hydrogen-bond donors (Lipinski definition) is 2. The molecule has 1 atom stereocenters. The number of carbonyl (C=O) groups excluding carboxylic acids is 2. The molecule has 0 spiro atoms. The maximum Gasteiger partial charge on any atom is 0.289 e. The Morgan fingerprint density at radius 3 is 2.64 bits per heavy atom. The third-order valence-electron chi connectivity index (χ3n) is 3.87. The molecule has 2 rings (SSSR count). The molecule has 1 aromatic carbocycles. The molecule has 1 aromatic rings. The smallest absolute Gasteiger partial charge is 0.289 e. The molecule has 118 valence electrons. The zero-order chi connectivity index (χ0) is 16.1. The maximum absolute atomic E-state index is 12.2.